The predicted octanol–water partition coefficient (Wildman–Crippen LogP) is -0.302. The van der Waals surface area contributed by atoms with Crippen molar-refractivity contribution >= 4 is 23.8 Å². The first-order valence-electron chi connectivity index (χ1n) is 7.96. The van der Waals surface area contributed by atoms with Crippen molar-refractivity contribution in [1.29, 1.82) is 0 Å². The summed E-state index contributed by atoms with van der Waals surface area (Å²) in [6.07, 6.45) is -0.0311. The number of nitrogens with one attached hydrogen (secondary N) is 2. The molecule has 9 nitrogen and oxygen atoms in total. The van der Waals surface area contributed by atoms with Gasteiger partial charge in [-0.15, -0.1) is 0 Å². The second kappa shape index (κ2) is 14.0. The number of hydrogen-bond acceptors (Lipinski definition) is 7. The molecule has 0 aromatic carbocycles. The Labute approximate surface area is 147 Å². The van der Waals surface area contributed by atoms with Crippen molar-refractivity contribution in [3.05, 3.63) is 12.2 Å². The van der Waals surface area contributed by atoms with E-state index in [2.05, 4.69) is 17.2 Å². The molecule has 9 heteroatoms. The molecule has 0 aromatic rings. The van der Waals surface area contributed by atoms with Crippen LogP contribution in [0.5, 0.6) is 0 Å². The molecular weight excluding hydrogens is 332 g/mol. The third kappa shape index (κ3) is 13.7. The Morgan fingerprint density at radius 3 is 2.00 bits per heavy atom. The molecule has 0 unspecified atom stereocenters. The van der Waals surface area contributed by atoms with Gasteiger partial charge in [0.15, 0.2) is 0 Å². The van der Waals surface area contributed by atoms with Crippen molar-refractivity contribution in [2.75, 3.05) is 39.5 Å². The Morgan fingerprint density at radius 2 is 1.44 bits per heavy atom. The Kier molecular flexibility index (Phi) is 12.6. The number of amides is 2. The number of hydrogen-bond donors (Lipinski definition) is 2. The van der Waals surface area contributed by atoms with Crippen molar-refractivity contribution in [2.45, 2.75) is 26.7 Å². The molecule has 2 amide bonds. The van der Waals surface area contributed by atoms with E-state index in [1.807, 2.05) is 0 Å². The van der Waals surface area contributed by atoms with Gasteiger partial charge in [0.05, 0.1) is 13.2 Å². The maximum absolute atomic E-state index is 11.4. The lowest BCUT2D eigenvalue weighted by Crippen LogP contribution is -2.35. The fourth-order valence-electron chi connectivity index (χ4n) is 1.41. The van der Waals surface area contributed by atoms with Crippen LogP contribution in [0.15, 0.2) is 12.2 Å². The summed E-state index contributed by atoms with van der Waals surface area (Å²) < 4.78 is 14.7. The summed E-state index contributed by atoms with van der Waals surface area (Å²) in [7, 11) is 0. The van der Waals surface area contributed by atoms with Crippen LogP contribution >= 0.6 is 0 Å². The Morgan fingerprint density at radius 1 is 0.880 bits per heavy atom. The summed E-state index contributed by atoms with van der Waals surface area (Å²) in [5, 5.41) is 5.08. The van der Waals surface area contributed by atoms with E-state index in [0.29, 0.717) is 18.5 Å². The smallest absolute Gasteiger partial charge is 0.333 e. The van der Waals surface area contributed by atoms with E-state index in [-0.39, 0.29) is 38.9 Å². The summed E-state index contributed by atoms with van der Waals surface area (Å²) in [6, 6.07) is 0. The zero-order valence-electron chi connectivity index (χ0n) is 14.7. The van der Waals surface area contributed by atoms with Gasteiger partial charge in [-0.3, -0.25) is 14.4 Å². The van der Waals surface area contributed by atoms with Gasteiger partial charge in [-0.1, -0.05) is 13.5 Å². The largest absolute Gasteiger partial charge is 0.463 e. The molecule has 0 aromatic heterocycles. The Bertz CT molecular complexity index is 477. The standard InChI is InChI=1S/C16H26N2O7/c1-4-13(19)17-5-6-18-14(20)11-15(21)24-9-7-23-8-10-25-16(22)12(2)3/h2,4-11H2,1,3H3,(H,17,19)(H,18,20). The summed E-state index contributed by atoms with van der Waals surface area (Å²) in [5.41, 5.74) is 0.306. The van der Waals surface area contributed by atoms with Gasteiger partial charge in [-0.05, 0) is 6.92 Å². The molecule has 0 heterocycles. The summed E-state index contributed by atoms with van der Waals surface area (Å²) in [6.45, 7) is 7.61. The molecule has 0 aliphatic heterocycles. The molecular formula is C16H26N2O7. The fraction of sp³-hybridized carbons (Fsp3) is 0.625. The minimum atomic E-state index is -0.674. The van der Waals surface area contributed by atoms with Gasteiger partial charge in [0.25, 0.3) is 0 Å². The summed E-state index contributed by atoms with van der Waals surface area (Å²) in [4.78, 5) is 44.9. The van der Waals surface area contributed by atoms with Crippen LogP contribution in [-0.2, 0) is 33.4 Å². The molecule has 0 fully saturated rings. The minimum Gasteiger partial charge on any atom is -0.463 e. The van der Waals surface area contributed by atoms with Crippen LogP contribution in [-0.4, -0.2) is 63.3 Å². The third-order valence-corrected chi connectivity index (χ3v) is 2.70. The molecule has 0 aliphatic carbocycles. The number of rotatable bonds is 13. The molecule has 142 valence electrons. The first kappa shape index (κ1) is 22.6. The number of carbonyl (C=O) groups is 4. The van der Waals surface area contributed by atoms with Gasteiger partial charge in [0.2, 0.25) is 11.8 Å². The monoisotopic (exact) mass is 358 g/mol. The number of ether oxygens (including phenoxy) is 3. The first-order chi connectivity index (χ1) is 11.9. The molecule has 0 saturated carbocycles. The number of carbonyl (C=O) groups excluding carboxylic acids is 4. The Hall–Kier alpha value is -2.42. The van der Waals surface area contributed by atoms with E-state index in [1.54, 1.807) is 13.8 Å². The molecule has 0 radical (unpaired) electrons. The average Bonchev–Trinajstić information content (AvgIpc) is 2.57. The van der Waals surface area contributed by atoms with Crippen LogP contribution in [0.1, 0.15) is 26.7 Å². The molecule has 2 N–H and O–H groups in total. The van der Waals surface area contributed by atoms with Gasteiger partial charge in [0.1, 0.15) is 19.6 Å². The van der Waals surface area contributed by atoms with Crippen molar-refractivity contribution in [1.82, 2.24) is 10.6 Å². The molecule has 0 saturated heterocycles. The van der Waals surface area contributed by atoms with E-state index in [9.17, 15) is 19.2 Å². The normalized spacial score (nSPS) is 9.84. The van der Waals surface area contributed by atoms with Crippen molar-refractivity contribution in [3.8, 4) is 0 Å². The first-order valence-corrected chi connectivity index (χ1v) is 7.96. The quantitative estimate of drug-likeness (QED) is 0.201. The minimum absolute atomic E-state index is 0.00684. The highest BCUT2D eigenvalue weighted by Gasteiger charge is 2.10. The van der Waals surface area contributed by atoms with Crippen molar-refractivity contribution in [2.24, 2.45) is 0 Å². The average molecular weight is 358 g/mol. The lowest BCUT2D eigenvalue weighted by molar-refractivity contribution is -0.148. The topological polar surface area (TPSA) is 120 Å². The highest BCUT2D eigenvalue weighted by molar-refractivity contribution is 5.94. The number of esters is 2. The molecule has 0 aliphatic rings. The molecule has 25 heavy (non-hydrogen) atoms. The highest BCUT2D eigenvalue weighted by Crippen LogP contribution is 1.92. The van der Waals surface area contributed by atoms with E-state index in [0.717, 1.165) is 0 Å². The highest BCUT2D eigenvalue weighted by atomic mass is 16.6. The fourth-order valence-corrected chi connectivity index (χ4v) is 1.41. The zero-order chi connectivity index (χ0) is 19.1. The lowest BCUT2D eigenvalue weighted by atomic mass is 10.4. The second-order valence-corrected chi connectivity index (χ2v) is 4.98. The van der Waals surface area contributed by atoms with Gasteiger partial charge in [-0.25, -0.2) is 4.79 Å². The van der Waals surface area contributed by atoms with E-state index >= 15 is 0 Å². The maximum Gasteiger partial charge on any atom is 0.333 e. The zero-order valence-corrected chi connectivity index (χ0v) is 14.7. The molecule has 0 bridgehead atoms. The van der Waals surface area contributed by atoms with E-state index in [1.165, 1.54) is 0 Å². The second-order valence-electron chi connectivity index (χ2n) is 4.98. The van der Waals surface area contributed by atoms with Gasteiger partial charge in [0, 0.05) is 25.1 Å². The van der Waals surface area contributed by atoms with Crippen LogP contribution in [0.4, 0.5) is 0 Å². The van der Waals surface area contributed by atoms with Gasteiger partial charge in [-0.2, -0.15) is 0 Å². The molecule has 0 rings (SSSR count). The van der Waals surface area contributed by atoms with E-state index in [4.69, 9.17) is 14.2 Å². The van der Waals surface area contributed by atoms with Crippen LogP contribution in [0.3, 0.4) is 0 Å². The van der Waals surface area contributed by atoms with Crippen LogP contribution < -0.4 is 10.6 Å². The third-order valence-electron chi connectivity index (χ3n) is 2.70. The molecule has 0 spiro atoms. The lowest BCUT2D eigenvalue weighted by Gasteiger charge is -2.08. The predicted molar refractivity (Wildman–Crippen MR) is 88.5 cm³/mol. The van der Waals surface area contributed by atoms with Crippen molar-refractivity contribution < 1.29 is 33.4 Å². The van der Waals surface area contributed by atoms with Crippen molar-refractivity contribution in [3.63, 3.8) is 0 Å². The van der Waals surface area contributed by atoms with Crippen LogP contribution in [0, 0.1) is 0 Å². The van der Waals surface area contributed by atoms with E-state index < -0.39 is 24.3 Å². The van der Waals surface area contributed by atoms with Gasteiger partial charge >= 0.3 is 11.9 Å². The van der Waals surface area contributed by atoms with Gasteiger partial charge < -0.3 is 24.8 Å². The van der Waals surface area contributed by atoms with Crippen LogP contribution in [0.2, 0.25) is 0 Å². The maximum atomic E-state index is 11.4. The molecule has 0 atom stereocenters. The van der Waals surface area contributed by atoms with Crippen LogP contribution in [0.25, 0.3) is 0 Å². The SMILES string of the molecule is C=C(C)C(=O)OCCOCCOC(=O)CC(=O)NCCNC(=O)CC. The summed E-state index contributed by atoms with van der Waals surface area (Å²) in [5.74, 6) is -1.76. The summed E-state index contributed by atoms with van der Waals surface area (Å²) >= 11 is 0. The Balaban J connectivity index is 3.54.